The zero-order valence-corrected chi connectivity index (χ0v) is 26.7. The molecule has 0 spiro atoms. The highest BCUT2D eigenvalue weighted by molar-refractivity contribution is 7.92. The molecule has 0 bridgehead atoms. The Bertz CT molecular complexity index is 1140. The average Bonchev–Trinajstić information content (AvgIpc) is 2.87. The zero-order chi connectivity index (χ0) is 31.7. The molecule has 0 fully saturated rings. The van der Waals surface area contributed by atoms with Gasteiger partial charge >= 0.3 is 0 Å². The lowest BCUT2D eigenvalue weighted by atomic mass is 9.92. The van der Waals surface area contributed by atoms with E-state index in [0.29, 0.717) is 13.0 Å². The van der Waals surface area contributed by atoms with Crippen LogP contribution in [0, 0.1) is 23.7 Å². The van der Waals surface area contributed by atoms with Crippen LogP contribution in [0.2, 0.25) is 0 Å². The summed E-state index contributed by atoms with van der Waals surface area (Å²) < 4.78 is 25.5. The molecule has 0 aliphatic heterocycles. The van der Waals surface area contributed by atoms with Gasteiger partial charge in [0.25, 0.3) is 11.8 Å². The van der Waals surface area contributed by atoms with Gasteiger partial charge in [-0.3, -0.25) is 18.7 Å². The quantitative estimate of drug-likeness (QED) is 0.194. The maximum atomic E-state index is 13.5. The molecule has 1 aromatic rings. The third kappa shape index (κ3) is 12.0. The Morgan fingerprint density at radius 3 is 1.78 bits per heavy atom. The Morgan fingerprint density at radius 1 is 0.854 bits per heavy atom. The van der Waals surface area contributed by atoms with Crippen molar-refractivity contribution >= 4 is 33.4 Å². The Morgan fingerprint density at radius 2 is 1.37 bits per heavy atom. The number of carbonyl (C=O) groups excluding carboxylic acids is 3. The molecule has 234 valence electrons. The van der Waals surface area contributed by atoms with Crippen LogP contribution in [0.25, 0.3) is 0 Å². The smallest absolute Gasteiger partial charge is 0.251 e. The van der Waals surface area contributed by atoms with E-state index in [1.54, 1.807) is 6.92 Å². The van der Waals surface area contributed by atoms with Crippen LogP contribution in [-0.4, -0.2) is 81.0 Å². The van der Waals surface area contributed by atoms with Gasteiger partial charge in [-0.15, -0.1) is 0 Å². The molecule has 0 aliphatic carbocycles. The molecule has 0 aromatic heterocycles. The number of rotatable bonds is 16. The number of aliphatic hydroxyl groups excluding tert-OH is 2. The molecule has 4 unspecified atom stereocenters. The molecule has 1 rings (SSSR count). The van der Waals surface area contributed by atoms with Crippen molar-refractivity contribution in [2.45, 2.75) is 79.5 Å². The number of amides is 3. The first-order chi connectivity index (χ1) is 18.9. The van der Waals surface area contributed by atoms with Crippen LogP contribution >= 0.6 is 0 Å². The minimum atomic E-state index is -3.71. The molecule has 0 radical (unpaired) electrons. The summed E-state index contributed by atoms with van der Waals surface area (Å²) in [4.78, 5) is 39.0. The number of sulfonamides is 1. The number of benzene rings is 1. The van der Waals surface area contributed by atoms with Gasteiger partial charge in [0.1, 0.15) is 0 Å². The second-order valence-electron chi connectivity index (χ2n) is 12.1. The Kier molecular flexibility index (Phi) is 14.2. The van der Waals surface area contributed by atoms with E-state index in [-0.39, 0.29) is 53.5 Å². The monoisotopic (exact) mass is 598 g/mol. The van der Waals surface area contributed by atoms with E-state index in [1.165, 1.54) is 25.2 Å². The van der Waals surface area contributed by atoms with Gasteiger partial charge < -0.3 is 26.2 Å². The predicted octanol–water partition coefficient (Wildman–Crippen LogP) is 2.13. The van der Waals surface area contributed by atoms with Crippen molar-refractivity contribution in [3.05, 3.63) is 29.3 Å². The van der Waals surface area contributed by atoms with Crippen molar-refractivity contribution in [2.75, 3.05) is 30.8 Å². The lowest BCUT2D eigenvalue weighted by Crippen LogP contribution is -2.46. The summed E-state index contributed by atoms with van der Waals surface area (Å²) in [5.74, 6) is -1.52. The number of hydrogen-bond donors (Lipinski definition) is 5. The minimum Gasteiger partial charge on any atom is -0.394 e. The van der Waals surface area contributed by atoms with Crippen LogP contribution in [0.4, 0.5) is 5.69 Å². The lowest BCUT2D eigenvalue weighted by molar-refractivity contribution is -0.125. The summed E-state index contributed by atoms with van der Waals surface area (Å²) in [6, 6.07) is 2.83. The highest BCUT2D eigenvalue weighted by Gasteiger charge is 2.28. The molecule has 12 heteroatoms. The van der Waals surface area contributed by atoms with Crippen molar-refractivity contribution in [3.63, 3.8) is 0 Å². The highest BCUT2D eigenvalue weighted by atomic mass is 32.2. The molecule has 11 nitrogen and oxygen atoms in total. The number of nitrogens with zero attached hydrogens (tertiary/aromatic N) is 1. The normalized spacial score (nSPS) is 14.9. The largest absolute Gasteiger partial charge is 0.394 e. The Hall–Kier alpha value is -2.70. The molecule has 0 aliphatic rings. The molecule has 5 N–H and O–H groups in total. The fourth-order valence-corrected chi connectivity index (χ4v) is 4.59. The van der Waals surface area contributed by atoms with Gasteiger partial charge in [-0.1, -0.05) is 48.5 Å². The fourth-order valence-electron chi connectivity index (χ4n) is 4.11. The van der Waals surface area contributed by atoms with Crippen LogP contribution in [0.5, 0.6) is 0 Å². The van der Waals surface area contributed by atoms with E-state index >= 15 is 0 Å². The number of nitrogens with one attached hydrogen (secondary N) is 3. The summed E-state index contributed by atoms with van der Waals surface area (Å²) >= 11 is 0. The van der Waals surface area contributed by atoms with Crippen LogP contribution in [-0.2, 0) is 14.8 Å². The zero-order valence-electron chi connectivity index (χ0n) is 25.9. The fraction of sp³-hybridized carbons (Fsp3) is 0.690. The summed E-state index contributed by atoms with van der Waals surface area (Å²) in [6.07, 6.45) is 0.537. The molecule has 0 saturated heterocycles. The second kappa shape index (κ2) is 16.1. The maximum absolute atomic E-state index is 13.5. The topological polar surface area (TPSA) is 165 Å². The minimum absolute atomic E-state index is 0.0249. The summed E-state index contributed by atoms with van der Waals surface area (Å²) in [5.41, 5.74) is 0.169. The van der Waals surface area contributed by atoms with Gasteiger partial charge in [0.2, 0.25) is 15.9 Å². The van der Waals surface area contributed by atoms with Crippen molar-refractivity contribution < 1.29 is 33.0 Å². The average molecular weight is 599 g/mol. The van der Waals surface area contributed by atoms with Crippen LogP contribution < -0.4 is 20.3 Å². The summed E-state index contributed by atoms with van der Waals surface area (Å²) in [6.45, 7) is 13.5. The SMILES string of the molecule is CC(C)CNC(=O)C(C)CC(O)C(CC(C)C)NC(=O)c1cc(C(=O)NC(CO)C(C)C)cc(N(C)S(C)(=O)=O)c1. The Labute approximate surface area is 245 Å². The van der Waals surface area contributed by atoms with Gasteiger partial charge in [0.05, 0.1) is 36.7 Å². The van der Waals surface area contributed by atoms with Crippen molar-refractivity contribution in [1.82, 2.24) is 16.0 Å². The van der Waals surface area contributed by atoms with Crippen LogP contribution in [0.1, 0.15) is 82.0 Å². The molecule has 0 saturated carbocycles. The van der Waals surface area contributed by atoms with E-state index in [9.17, 15) is 33.0 Å². The van der Waals surface area contributed by atoms with Crippen molar-refractivity contribution in [2.24, 2.45) is 23.7 Å². The van der Waals surface area contributed by atoms with Crippen LogP contribution in [0.3, 0.4) is 0 Å². The first-order valence-corrected chi connectivity index (χ1v) is 16.0. The molecular formula is C29H50N4O7S. The van der Waals surface area contributed by atoms with Crippen molar-refractivity contribution in [3.8, 4) is 0 Å². The van der Waals surface area contributed by atoms with E-state index in [2.05, 4.69) is 16.0 Å². The van der Waals surface area contributed by atoms with Gasteiger partial charge in [0, 0.05) is 30.6 Å². The molecule has 1 aromatic carbocycles. The van der Waals surface area contributed by atoms with E-state index in [4.69, 9.17) is 0 Å². The van der Waals surface area contributed by atoms with Gasteiger partial charge in [-0.2, -0.15) is 0 Å². The van der Waals surface area contributed by atoms with Gasteiger partial charge in [-0.25, -0.2) is 8.42 Å². The molecule has 4 atom stereocenters. The second-order valence-corrected chi connectivity index (χ2v) is 14.1. The Balaban J connectivity index is 3.34. The predicted molar refractivity (Wildman–Crippen MR) is 161 cm³/mol. The number of hydrogen-bond acceptors (Lipinski definition) is 7. The highest BCUT2D eigenvalue weighted by Crippen LogP contribution is 2.22. The third-order valence-corrected chi connectivity index (χ3v) is 8.06. The molecule has 3 amide bonds. The number of carbonyl (C=O) groups is 3. The first kappa shape index (κ1) is 36.3. The first-order valence-electron chi connectivity index (χ1n) is 14.1. The van der Waals surface area contributed by atoms with E-state index < -0.39 is 45.9 Å². The van der Waals surface area contributed by atoms with Gasteiger partial charge in [0.15, 0.2) is 0 Å². The van der Waals surface area contributed by atoms with Crippen molar-refractivity contribution in [1.29, 1.82) is 0 Å². The van der Waals surface area contributed by atoms with E-state index in [0.717, 1.165) is 10.6 Å². The molecule has 41 heavy (non-hydrogen) atoms. The lowest BCUT2D eigenvalue weighted by Gasteiger charge is -2.28. The van der Waals surface area contributed by atoms with Crippen LogP contribution in [0.15, 0.2) is 18.2 Å². The number of aliphatic hydroxyl groups is 2. The standard InChI is InChI=1S/C29H50N4O7S/c1-17(2)10-24(26(35)11-20(7)27(36)30-15-18(3)4)31-28(37)21-12-22(29(38)32-25(16-34)19(5)6)14-23(13-21)33(8)41(9,39)40/h12-14,17-20,24-26,34-35H,10-11,15-16H2,1-9H3,(H,30,36)(H,31,37)(H,32,38). The summed E-state index contributed by atoms with van der Waals surface area (Å²) in [5, 5.41) is 29.1. The number of anilines is 1. The molecule has 0 heterocycles. The summed E-state index contributed by atoms with van der Waals surface area (Å²) in [7, 11) is -2.40. The van der Waals surface area contributed by atoms with Gasteiger partial charge in [-0.05, 0) is 48.8 Å². The van der Waals surface area contributed by atoms with E-state index in [1.807, 2.05) is 41.5 Å². The maximum Gasteiger partial charge on any atom is 0.251 e. The molecular weight excluding hydrogens is 548 g/mol. The third-order valence-electron chi connectivity index (χ3n) is 6.85.